The normalized spacial score (nSPS) is 38.4. The summed E-state index contributed by atoms with van der Waals surface area (Å²) in [4.78, 5) is 12.3. The molecule has 0 spiro atoms. The second kappa shape index (κ2) is 6.36. The Morgan fingerprint density at radius 1 is 1.20 bits per heavy atom. The molecule has 25 heavy (non-hydrogen) atoms. The number of esters is 1. The van der Waals surface area contributed by atoms with Crippen molar-refractivity contribution in [2.24, 2.45) is 5.92 Å². The third-order valence-corrected chi connectivity index (χ3v) is 5.05. The summed E-state index contributed by atoms with van der Waals surface area (Å²) in [6.07, 6.45) is -0.644. The third kappa shape index (κ3) is 3.31. The summed E-state index contributed by atoms with van der Waals surface area (Å²) in [5, 5.41) is 0. The van der Waals surface area contributed by atoms with E-state index in [0.717, 1.165) is 6.42 Å². The van der Waals surface area contributed by atoms with Crippen LogP contribution in [0.2, 0.25) is 0 Å². The molecule has 1 saturated carbocycles. The van der Waals surface area contributed by atoms with Gasteiger partial charge in [0.25, 0.3) is 0 Å². The van der Waals surface area contributed by atoms with Crippen molar-refractivity contribution >= 4 is 5.97 Å². The van der Waals surface area contributed by atoms with Gasteiger partial charge in [-0.15, -0.1) is 0 Å². The number of carbonyl (C=O) groups is 1. The van der Waals surface area contributed by atoms with Gasteiger partial charge in [0.05, 0.1) is 5.92 Å². The molecule has 0 radical (unpaired) electrons. The summed E-state index contributed by atoms with van der Waals surface area (Å²) in [6, 6.07) is 10.1. The van der Waals surface area contributed by atoms with E-state index in [4.69, 9.17) is 23.7 Å². The molecule has 6 nitrogen and oxygen atoms in total. The maximum Gasteiger partial charge on any atom is 0.309 e. The van der Waals surface area contributed by atoms with Gasteiger partial charge in [-0.2, -0.15) is 0 Å². The van der Waals surface area contributed by atoms with E-state index in [1.54, 1.807) is 7.11 Å². The lowest BCUT2D eigenvalue weighted by Crippen LogP contribution is -2.34. The molecule has 0 bridgehead atoms. The molecular weight excluding hydrogens is 324 g/mol. The maximum absolute atomic E-state index is 12.3. The predicted molar refractivity (Wildman–Crippen MR) is 87.7 cm³/mol. The SMILES string of the molecule is CO[C@@H]1O[C@H](COC(=O)[C@@H]2C[C@H]2c2ccccc2)[C@H]2OC(C)(C)O[C@@H]12. The van der Waals surface area contributed by atoms with Gasteiger partial charge in [0.1, 0.15) is 24.9 Å². The second-order valence-electron chi connectivity index (χ2n) is 7.33. The molecule has 2 aliphatic heterocycles. The lowest BCUT2D eigenvalue weighted by molar-refractivity contribution is -0.231. The van der Waals surface area contributed by atoms with E-state index in [1.165, 1.54) is 5.56 Å². The minimum absolute atomic E-state index is 0.0602. The Morgan fingerprint density at radius 2 is 1.92 bits per heavy atom. The highest BCUT2D eigenvalue weighted by molar-refractivity contribution is 5.77. The zero-order chi connectivity index (χ0) is 17.6. The summed E-state index contributed by atoms with van der Waals surface area (Å²) in [5.41, 5.74) is 1.19. The molecule has 0 N–H and O–H groups in total. The molecule has 6 heteroatoms. The first-order chi connectivity index (χ1) is 12.0. The molecule has 3 fully saturated rings. The lowest BCUT2D eigenvalue weighted by Gasteiger charge is -2.23. The number of ether oxygens (including phenoxy) is 5. The van der Waals surface area contributed by atoms with Gasteiger partial charge in [-0.05, 0) is 31.7 Å². The van der Waals surface area contributed by atoms with Crippen LogP contribution < -0.4 is 0 Å². The van der Waals surface area contributed by atoms with Crippen molar-refractivity contribution < 1.29 is 28.5 Å². The van der Waals surface area contributed by atoms with Gasteiger partial charge >= 0.3 is 5.97 Å². The molecule has 2 saturated heterocycles. The molecule has 1 aliphatic carbocycles. The van der Waals surface area contributed by atoms with E-state index < -0.39 is 12.1 Å². The highest BCUT2D eigenvalue weighted by Crippen LogP contribution is 2.48. The standard InChI is InChI=1S/C19H24O6/c1-19(2)24-15-14(23-18(21-3)16(15)25-19)10-22-17(20)13-9-12(13)11-7-5-4-6-8-11/h4-8,12-16,18H,9-10H2,1-3H3/t12-,13+,14+,15+,16+,18+/m0/s1. The molecular formula is C19H24O6. The summed E-state index contributed by atoms with van der Waals surface area (Å²) in [5.74, 6) is -0.654. The smallest absolute Gasteiger partial charge is 0.309 e. The zero-order valence-electron chi connectivity index (χ0n) is 14.7. The van der Waals surface area contributed by atoms with Crippen LogP contribution in [-0.2, 0) is 28.5 Å². The van der Waals surface area contributed by atoms with Crippen LogP contribution in [0.3, 0.4) is 0 Å². The van der Waals surface area contributed by atoms with Gasteiger partial charge in [-0.25, -0.2) is 0 Å². The Bertz CT molecular complexity index is 630. The van der Waals surface area contributed by atoms with E-state index in [2.05, 4.69) is 12.1 Å². The van der Waals surface area contributed by atoms with Crippen molar-refractivity contribution in [1.29, 1.82) is 0 Å². The first kappa shape index (κ1) is 17.0. The van der Waals surface area contributed by atoms with Gasteiger partial charge < -0.3 is 23.7 Å². The minimum Gasteiger partial charge on any atom is -0.463 e. The number of benzene rings is 1. The third-order valence-electron chi connectivity index (χ3n) is 5.05. The predicted octanol–water partition coefficient (Wildman–Crippen LogP) is 2.22. The van der Waals surface area contributed by atoms with Crippen LogP contribution in [0.4, 0.5) is 0 Å². The number of methoxy groups -OCH3 is 1. The summed E-state index contributed by atoms with van der Waals surface area (Å²) in [7, 11) is 1.57. The monoisotopic (exact) mass is 348 g/mol. The highest BCUT2D eigenvalue weighted by atomic mass is 16.8. The van der Waals surface area contributed by atoms with Gasteiger partial charge in [0.15, 0.2) is 12.1 Å². The molecule has 0 amide bonds. The number of fused-ring (bicyclic) bond motifs is 1. The van der Waals surface area contributed by atoms with Crippen LogP contribution in [0.5, 0.6) is 0 Å². The molecule has 4 rings (SSSR count). The average molecular weight is 348 g/mol. The van der Waals surface area contributed by atoms with Crippen LogP contribution in [-0.4, -0.2) is 50.1 Å². The maximum atomic E-state index is 12.3. The van der Waals surface area contributed by atoms with Gasteiger partial charge in [-0.1, -0.05) is 30.3 Å². The number of hydrogen-bond donors (Lipinski definition) is 0. The molecule has 6 atom stereocenters. The second-order valence-corrected chi connectivity index (χ2v) is 7.33. The fourth-order valence-electron chi connectivity index (χ4n) is 3.76. The lowest BCUT2D eigenvalue weighted by atomic mass is 10.1. The summed E-state index contributed by atoms with van der Waals surface area (Å²) < 4.78 is 28.4. The van der Waals surface area contributed by atoms with Crippen molar-refractivity contribution in [2.45, 2.75) is 56.6 Å². The van der Waals surface area contributed by atoms with Gasteiger partial charge in [0, 0.05) is 7.11 Å². The largest absolute Gasteiger partial charge is 0.463 e. The Morgan fingerprint density at radius 3 is 2.64 bits per heavy atom. The fourth-order valence-corrected chi connectivity index (χ4v) is 3.76. The van der Waals surface area contributed by atoms with E-state index in [1.807, 2.05) is 32.0 Å². The van der Waals surface area contributed by atoms with Gasteiger partial charge in [0.2, 0.25) is 0 Å². The molecule has 2 heterocycles. The fraction of sp³-hybridized carbons (Fsp3) is 0.632. The quantitative estimate of drug-likeness (QED) is 0.761. The Labute approximate surface area is 147 Å². The summed E-state index contributed by atoms with van der Waals surface area (Å²) >= 11 is 0. The van der Waals surface area contributed by atoms with Crippen molar-refractivity contribution in [3.05, 3.63) is 35.9 Å². The highest BCUT2D eigenvalue weighted by Gasteiger charge is 2.56. The van der Waals surface area contributed by atoms with Gasteiger partial charge in [-0.3, -0.25) is 4.79 Å². The average Bonchev–Trinajstić information content (AvgIpc) is 3.26. The number of hydrogen-bond acceptors (Lipinski definition) is 6. The van der Waals surface area contributed by atoms with Crippen LogP contribution in [0.15, 0.2) is 30.3 Å². The molecule has 136 valence electrons. The van der Waals surface area contributed by atoms with Crippen molar-refractivity contribution in [1.82, 2.24) is 0 Å². The molecule has 3 aliphatic rings. The molecule has 1 aromatic rings. The van der Waals surface area contributed by atoms with E-state index in [0.29, 0.717) is 0 Å². The Hall–Kier alpha value is -1.47. The number of rotatable bonds is 5. The molecule has 0 unspecified atom stereocenters. The Balaban J connectivity index is 1.32. The van der Waals surface area contributed by atoms with Crippen molar-refractivity contribution in [3.63, 3.8) is 0 Å². The zero-order valence-corrected chi connectivity index (χ0v) is 14.7. The number of carbonyl (C=O) groups excluding carboxylic acids is 1. The minimum atomic E-state index is -0.687. The van der Waals surface area contributed by atoms with Crippen LogP contribution >= 0.6 is 0 Å². The van der Waals surface area contributed by atoms with Crippen LogP contribution in [0.1, 0.15) is 31.7 Å². The van der Waals surface area contributed by atoms with E-state index >= 15 is 0 Å². The van der Waals surface area contributed by atoms with Crippen molar-refractivity contribution in [3.8, 4) is 0 Å². The topological polar surface area (TPSA) is 63.2 Å². The first-order valence-corrected chi connectivity index (χ1v) is 8.74. The first-order valence-electron chi connectivity index (χ1n) is 8.74. The Kier molecular flexibility index (Phi) is 4.32. The van der Waals surface area contributed by atoms with E-state index in [-0.39, 0.29) is 42.7 Å². The van der Waals surface area contributed by atoms with Crippen LogP contribution in [0.25, 0.3) is 0 Å². The summed E-state index contributed by atoms with van der Waals surface area (Å²) in [6.45, 7) is 3.86. The van der Waals surface area contributed by atoms with Crippen molar-refractivity contribution in [2.75, 3.05) is 13.7 Å². The molecule has 1 aromatic carbocycles. The molecule has 0 aromatic heterocycles. The van der Waals surface area contributed by atoms with Crippen LogP contribution in [0, 0.1) is 5.92 Å². The van der Waals surface area contributed by atoms with E-state index in [9.17, 15) is 4.79 Å².